The van der Waals surface area contributed by atoms with Gasteiger partial charge in [-0.25, -0.2) is 0 Å². The Morgan fingerprint density at radius 2 is 2.06 bits per heavy atom. The highest BCUT2D eigenvalue weighted by atomic mass is 16.5. The van der Waals surface area contributed by atoms with Crippen molar-refractivity contribution in [1.29, 1.82) is 0 Å². The molecule has 0 amide bonds. The van der Waals surface area contributed by atoms with E-state index in [2.05, 4.69) is 0 Å². The Labute approximate surface area is 105 Å². The number of hydrogen-bond donors (Lipinski definition) is 0. The molecule has 3 atom stereocenters. The molecular formula is C15H26O2. The summed E-state index contributed by atoms with van der Waals surface area (Å²) in [5, 5.41) is 0. The first kappa shape index (κ1) is 12.9. The molecule has 2 saturated carbocycles. The van der Waals surface area contributed by atoms with Crippen LogP contribution in [0.5, 0.6) is 0 Å². The SMILES string of the molecule is CCC(C)(C)C(=O)OCCC1CC2CCC1C2. The van der Waals surface area contributed by atoms with Crippen molar-refractivity contribution < 1.29 is 9.53 Å². The molecular weight excluding hydrogens is 212 g/mol. The molecule has 3 unspecified atom stereocenters. The van der Waals surface area contributed by atoms with Crippen LogP contribution in [-0.2, 0) is 9.53 Å². The van der Waals surface area contributed by atoms with Gasteiger partial charge in [-0.1, -0.05) is 13.3 Å². The smallest absolute Gasteiger partial charge is 0.311 e. The van der Waals surface area contributed by atoms with Crippen LogP contribution < -0.4 is 0 Å². The lowest BCUT2D eigenvalue weighted by Crippen LogP contribution is -2.26. The van der Waals surface area contributed by atoms with Crippen LogP contribution in [0.25, 0.3) is 0 Å². The van der Waals surface area contributed by atoms with E-state index in [9.17, 15) is 4.79 Å². The molecule has 2 fully saturated rings. The second-order valence-electron chi connectivity index (χ2n) is 6.60. The Morgan fingerprint density at radius 1 is 1.29 bits per heavy atom. The molecule has 17 heavy (non-hydrogen) atoms. The van der Waals surface area contributed by atoms with E-state index in [1.807, 2.05) is 20.8 Å². The van der Waals surface area contributed by atoms with Crippen molar-refractivity contribution in [3.8, 4) is 0 Å². The van der Waals surface area contributed by atoms with Gasteiger partial charge >= 0.3 is 5.97 Å². The fourth-order valence-electron chi connectivity index (χ4n) is 3.37. The Kier molecular flexibility index (Phi) is 3.79. The normalized spacial score (nSPS) is 31.8. The van der Waals surface area contributed by atoms with Crippen molar-refractivity contribution in [2.24, 2.45) is 23.2 Å². The first-order chi connectivity index (χ1) is 8.03. The summed E-state index contributed by atoms with van der Waals surface area (Å²) >= 11 is 0. The van der Waals surface area contributed by atoms with Gasteiger partial charge in [0.1, 0.15) is 0 Å². The van der Waals surface area contributed by atoms with E-state index in [1.165, 1.54) is 25.7 Å². The molecule has 2 aliphatic carbocycles. The van der Waals surface area contributed by atoms with E-state index in [0.29, 0.717) is 6.61 Å². The molecule has 0 heterocycles. The minimum Gasteiger partial charge on any atom is -0.465 e. The quantitative estimate of drug-likeness (QED) is 0.681. The van der Waals surface area contributed by atoms with Crippen LogP contribution in [-0.4, -0.2) is 12.6 Å². The Morgan fingerprint density at radius 3 is 2.59 bits per heavy atom. The molecule has 2 nitrogen and oxygen atoms in total. The molecule has 0 aromatic rings. The van der Waals surface area contributed by atoms with Crippen molar-refractivity contribution in [3.05, 3.63) is 0 Å². The molecule has 98 valence electrons. The van der Waals surface area contributed by atoms with Crippen molar-refractivity contribution >= 4 is 5.97 Å². The second kappa shape index (κ2) is 4.99. The number of hydrogen-bond acceptors (Lipinski definition) is 2. The standard InChI is InChI=1S/C15H26O2/c1-4-15(2,3)14(16)17-8-7-13-10-11-5-6-12(13)9-11/h11-13H,4-10H2,1-3H3. The van der Waals surface area contributed by atoms with E-state index in [4.69, 9.17) is 4.74 Å². The Hall–Kier alpha value is -0.530. The number of rotatable bonds is 5. The summed E-state index contributed by atoms with van der Waals surface area (Å²) in [6.45, 7) is 6.60. The molecule has 0 aromatic carbocycles. The van der Waals surface area contributed by atoms with Crippen LogP contribution >= 0.6 is 0 Å². The monoisotopic (exact) mass is 238 g/mol. The topological polar surface area (TPSA) is 26.3 Å². The lowest BCUT2D eigenvalue weighted by molar-refractivity contribution is -0.154. The highest BCUT2D eigenvalue weighted by Gasteiger charge is 2.39. The van der Waals surface area contributed by atoms with Gasteiger partial charge in [0.2, 0.25) is 0 Å². The number of carbonyl (C=O) groups excluding carboxylic acids is 1. The molecule has 2 bridgehead atoms. The minimum atomic E-state index is -0.311. The van der Waals surface area contributed by atoms with Crippen molar-refractivity contribution in [3.63, 3.8) is 0 Å². The van der Waals surface area contributed by atoms with Crippen LogP contribution in [0.2, 0.25) is 0 Å². The number of carbonyl (C=O) groups is 1. The second-order valence-corrected chi connectivity index (χ2v) is 6.60. The highest BCUT2D eigenvalue weighted by Crippen LogP contribution is 2.49. The van der Waals surface area contributed by atoms with Gasteiger partial charge in [0.15, 0.2) is 0 Å². The molecule has 2 heteroatoms. The first-order valence-electron chi connectivity index (χ1n) is 7.20. The minimum absolute atomic E-state index is 0.0249. The number of ether oxygens (including phenoxy) is 1. The van der Waals surface area contributed by atoms with Gasteiger partial charge in [0.25, 0.3) is 0 Å². The lowest BCUT2D eigenvalue weighted by atomic mass is 9.86. The zero-order chi connectivity index (χ0) is 12.5. The Balaban J connectivity index is 1.68. The summed E-state index contributed by atoms with van der Waals surface area (Å²) in [5.41, 5.74) is -0.311. The van der Waals surface area contributed by atoms with Crippen molar-refractivity contribution in [1.82, 2.24) is 0 Å². The lowest BCUT2D eigenvalue weighted by Gasteiger charge is -2.23. The Bertz CT molecular complexity index is 283. The summed E-state index contributed by atoms with van der Waals surface area (Å²) in [5.74, 6) is 2.75. The summed E-state index contributed by atoms with van der Waals surface area (Å²) < 4.78 is 5.43. The zero-order valence-corrected chi connectivity index (χ0v) is 11.5. The van der Waals surface area contributed by atoms with Gasteiger partial charge in [0.05, 0.1) is 12.0 Å². The van der Waals surface area contributed by atoms with E-state index in [-0.39, 0.29) is 11.4 Å². The molecule has 2 aliphatic rings. The fraction of sp³-hybridized carbons (Fsp3) is 0.933. The van der Waals surface area contributed by atoms with Gasteiger partial charge in [-0.15, -0.1) is 0 Å². The van der Waals surface area contributed by atoms with E-state index < -0.39 is 0 Å². The third-order valence-electron chi connectivity index (χ3n) is 5.04. The van der Waals surface area contributed by atoms with Crippen molar-refractivity contribution in [2.75, 3.05) is 6.61 Å². The highest BCUT2D eigenvalue weighted by molar-refractivity contribution is 5.75. The third kappa shape index (κ3) is 2.83. The maximum absolute atomic E-state index is 11.8. The third-order valence-corrected chi connectivity index (χ3v) is 5.04. The van der Waals surface area contributed by atoms with Gasteiger partial charge < -0.3 is 4.74 Å². The molecule has 0 spiro atoms. The van der Waals surface area contributed by atoms with Crippen molar-refractivity contribution in [2.45, 2.75) is 59.3 Å². The van der Waals surface area contributed by atoms with Crippen LogP contribution in [0, 0.1) is 23.2 Å². The van der Waals surface area contributed by atoms with Crippen LogP contribution in [0.1, 0.15) is 59.3 Å². The average Bonchev–Trinajstić information content (AvgIpc) is 2.90. The predicted molar refractivity (Wildman–Crippen MR) is 68.6 cm³/mol. The number of fused-ring (bicyclic) bond motifs is 2. The summed E-state index contributed by atoms with van der Waals surface area (Å²) in [4.78, 5) is 11.8. The predicted octanol–water partition coefficient (Wildman–Crippen LogP) is 3.79. The molecule has 0 aliphatic heterocycles. The maximum atomic E-state index is 11.8. The van der Waals surface area contributed by atoms with Crippen LogP contribution in [0.15, 0.2) is 0 Å². The summed E-state index contributed by atoms with van der Waals surface area (Å²) in [6, 6.07) is 0. The van der Waals surface area contributed by atoms with Gasteiger partial charge in [0, 0.05) is 0 Å². The van der Waals surface area contributed by atoms with Crippen LogP contribution in [0.4, 0.5) is 0 Å². The van der Waals surface area contributed by atoms with Gasteiger partial charge in [-0.05, 0) is 63.7 Å². The van der Waals surface area contributed by atoms with Gasteiger partial charge in [-0.2, -0.15) is 0 Å². The maximum Gasteiger partial charge on any atom is 0.311 e. The molecule has 0 aromatic heterocycles. The summed E-state index contributed by atoms with van der Waals surface area (Å²) in [7, 11) is 0. The molecule has 0 saturated heterocycles. The molecule has 0 radical (unpaired) electrons. The van der Waals surface area contributed by atoms with Gasteiger partial charge in [-0.3, -0.25) is 4.79 Å². The number of esters is 1. The van der Waals surface area contributed by atoms with Crippen LogP contribution in [0.3, 0.4) is 0 Å². The molecule has 2 rings (SSSR count). The van der Waals surface area contributed by atoms with E-state index >= 15 is 0 Å². The van der Waals surface area contributed by atoms with E-state index in [0.717, 1.165) is 30.6 Å². The fourth-order valence-corrected chi connectivity index (χ4v) is 3.37. The zero-order valence-electron chi connectivity index (χ0n) is 11.5. The van der Waals surface area contributed by atoms with E-state index in [1.54, 1.807) is 0 Å². The first-order valence-corrected chi connectivity index (χ1v) is 7.20. The molecule has 0 N–H and O–H groups in total. The summed E-state index contributed by atoms with van der Waals surface area (Å²) in [6.07, 6.45) is 7.64. The largest absolute Gasteiger partial charge is 0.465 e. The average molecular weight is 238 g/mol.